The number of nitrogens with zero attached hydrogens (tertiary/aromatic N) is 3. The van der Waals surface area contributed by atoms with E-state index >= 15 is 0 Å². The summed E-state index contributed by atoms with van der Waals surface area (Å²) in [5.41, 5.74) is 2.24. The summed E-state index contributed by atoms with van der Waals surface area (Å²) in [6.45, 7) is 4.93. The molecule has 24 heavy (non-hydrogen) atoms. The highest BCUT2D eigenvalue weighted by molar-refractivity contribution is 5.81. The Morgan fingerprint density at radius 2 is 2.12 bits per heavy atom. The summed E-state index contributed by atoms with van der Waals surface area (Å²) >= 11 is 0. The highest BCUT2D eigenvalue weighted by atomic mass is 16.2. The molecular formula is C19H26N4O. The van der Waals surface area contributed by atoms with E-state index in [-0.39, 0.29) is 11.8 Å². The molecule has 1 saturated carbocycles. The Morgan fingerprint density at radius 3 is 2.92 bits per heavy atom. The zero-order valence-corrected chi connectivity index (χ0v) is 14.4. The maximum atomic E-state index is 12.4. The van der Waals surface area contributed by atoms with Gasteiger partial charge >= 0.3 is 0 Å². The Labute approximate surface area is 143 Å². The van der Waals surface area contributed by atoms with Gasteiger partial charge in [0.25, 0.3) is 0 Å². The van der Waals surface area contributed by atoms with Gasteiger partial charge in [-0.1, -0.05) is 19.1 Å². The molecule has 2 aliphatic rings. The lowest BCUT2D eigenvalue weighted by Crippen LogP contribution is -2.44. The molecule has 0 bridgehead atoms. The van der Waals surface area contributed by atoms with Crippen molar-refractivity contribution in [3.63, 3.8) is 0 Å². The van der Waals surface area contributed by atoms with Crippen LogP contribution in [0.5, 0.6) is 0 Å². The predicted octanol–water partition coefficient (Wildman–Crippen LogP) is 2.94. The first-order valence-corrected chi connectivity index (χ1v) is 9.27. The van der Waals surface area contributed by atoms with Crippen molar-refractivity contribution in [2.24, 2.45) is 5.92 Å². The topological polar surface area (TPSA) is 50.2 Å². The normalized spacial score (nSPS) is 21.2. The molecule has 0 spiro atoms. The molecule has 4 rings (SSSR count). The second-order valence-electron chi connectivity index (χ2n) is 7.12. The first kappa shape index (κ1) is 15.5. The number of hydrogen-bond acceptors (Lipinski definition) is 3. The van der Waals surface area contributed by atoms with Gasteiger partial charge in [0.15, 0.2) is 0 Å². The average Bonchev–Trinajstić information content (AvgIpc) is 3.35. The number of carbonyl (C=O) groups excluding carboxylic acids is 1. The van der Waals surface area contributed by atoms with E-state index < -0.39 is 0 Å². The van der Waals surface area contributed by atoms with Crippen LogP contribution in [0.1, 0.15) is 39.0 Å². The monoisotopic (exact) mass is 326 g/mol. The van der Waals surface area contributed by atoms with Gasteiger partial charge in [0.05, 0.1) is 17.0 Å². The highest BCUT2D eigenvalue weighted by Crippen LogP contribution is 2.28. The SMILES string of the molecule is CCCn1c(N2CCC[C@H](C(=O)NC3CC3)C2)nc2ccccc21. The van der Waals surface area contributed by atoms with Crippen molar-refractivity contribution in [3.05, 3.63) is 24.3 Å². The number of carbonyl (C=O) groups is 1. The van der Waals surface area contributed by atoms with Crippen molar-refractivity contribution < 1.29 is 4.79 Å². The molecule has 2 heterocycles. The number of para-hydroxylation sites is 2. The number of aromatic nitrogens is 2. The molecular weight excluding hydrogens is 300 g/mol. The predicted molar refractivity (Wildman–Crippen MR) is 96.1 cm³/mol. The van der Waals surface area contributed by atoms with Crippen LogP contribution in [0.4, 0.5) is 5.95 Å². The van der Waals surface area contributed by atoms with E-state index in [4.69, 9.17) is 4.98 Å². The first-order valence-electron chi connectivity index (χ1n) is 9.27. The Kier molecular flexibility index (Phi) is 4.17. The Bertz CT molecular complexity index is 734. The van der Waals surface area contributed by atoms with Gasteiger partial charge in [-0.25, -0.2) is 4.98 Å². The number of nitrogens with one attached hydrogen (secondary N) is 1. The lowest BCUT2D eigenvalue weighted by molar-refractivity contribution is -0.125. The maximum absolute atomic E-state index is 12.4. The van der Waals surface area contributed by atoms with E-state index in [0.717, 1.165) is 63.2 Å². The summed E-state index contributed by atoms with van der Waals surface area (Å²) in [6, 6.07) is 8.77. The molecule has 1 N–H and O–H groups in total. The smallest absolute Gasteiger partial charge is 0.225 e. The van der Waals surface area contributed by atoms with Crippen molar-refractivity contribution in [1.82, 2.24) is 14.9 Å². The van der Waals surface area contributed by atoms with Gasteiger partial charge < -0.3 is 14.8 Å². The summed E-state index contributed by atoms with van der Waals surface area (Å²) < 4.78 is 2.32. The van der Waals surface area contributed by atoms with E-state index in [2.05, 4.69) is 39.9 Å². The molecule has 1 saturated heterocycles. The van der Waals surface area contributed by atoms with Crippen LogP contribution in [0.25, 0.3) is 11.0 Å². The number of fused-ring (bicyclic) bond motifs is 1. The van der Waals surface area contributed by atoms with Crippen molar-refractivity contribution >= 4 is 22.9 Å². The van der Waals surface area contributed by atoms with Crippen molar-refractivity contribution in [2.75, 3.05) is 18.0 Å². The zero-order chi connectivity index (χ0) is 16.5. The minimum Gasteiger partial charge on any atom is -0.353 e. The van der Waals surface area contributed by atoms with Gasteiger partial charge in [0.2, 0.25) is 11.9 Å². The third-order valence-corrected chi connectivity index (χ3v) is 5.08. The zero-order valence-electron chi connectivity index (χ0n) is 14.4. The van der Waals surface area contributed by atoms with Gasteiger partial charge in [-0.15, -0.1) is 0 Å². The Hall–Kier alpha value is -2.04. The quantitative estimate of drug-likeness (QED) is 0.919. The largest absolute Gasteiger partial charge is 0.353 e. The van der Waals surface area contributed by atoms with Crippen molar-refractivity contribution in [2.45, 2.75) is 51.6 Å². The Balaban J connectivity index is 1.58. The molecule has 0 unspecified atom stereocenters. The van der Waals surface area contributed by atoms with E-state index in [1.165, 1.54) is 5.52 Å². The molecule has 5 heteroatoms. The summed E-state index contributed by atoms with van der Waals surface area (Å²) in [5.74, 6) is 1.36. The number of imidazole rings is 1. The number of benzene rings is 1. The maximum Gasteiger partial charge on any atom is 0.225 e. The fraction of sp³-hybridized carbons (Fsp3) is 0.579. The molecule has 1 amide bonds. The van der Waals surface area contributed by atoms with E-state index in [1.54, 1.807) is 0 Å². The summed E-state index contributed by atoms with van der Waals surface area (Å²) in [4.78, 5) is 19.6. The van der Waals surface area contributed by atoms with Crippen LogP contribution in [0.15, 0.2) is 24.3 Å². The van der Waals surface area contributed by atoms with Crippen LogP contribution in [0, 0.1) is 5.92 Å². The van der Waals surface area contributed by atoms with Gasteiger partial charge in [-0.2, -0.15) is 0 Å². The minimum atomic E-state index is 0.0919. The molecule has 0 radical (unpaired) electrons. The van der Waals surface area contributed by atoms with Gasteiger partial charge in [-0.3, -0.25) is 4.79 Å². The number of hydrogen-bond donors (Lipinski definition) is 1. The van der Waals surface area contributed by atoms with Crippen LogP contribution in [0.3, 0.4) is 0 Å². The molecule has 1 aromatic carbocycles. The van der Waals surface area contributed by atoms with E-state index in [1.807, 2.05) is 6.07 Å². The fourth-order valence-corrected chi connectivity index (χ4v) is 3.67. The molecule has 1 aliphatic heterocycles. The van der Waals surface area contributed by atoms with Crippen LogP contribution in [0.2, 0.25) is 0 Å². The van der Waals surface area contributed by atoms with Gasteiger partial charge in [0, 0.05) is 25.7 Å². The van der Waals surface area contributed by atoms with Crippen LogP contribution in [-0.4, -0.2) is 34.6 Å². The molecule has 1 atom stereocenters. The Morgan fingerprint density at radius 1 is 1.29 bits per heavy atom. The molecule has 1 aliphatic carbocycles. The average molecular weight is 326 g/mol. The second-order valence-corrected chi connectivity index (χ2v) is 7.12. The molecule has 2 fully saturated rings. The second kappa shape index (κ2) is 6.46. The number of amides is 1. The summed E-state index contributed by atoms with van der Waals surface area (Å²) in [5, 5.41) is 3.17. The summed E-state index contributed by atoms with van der Waals surface area (Å²) in [6.07, 6.45) is 5.41. The van der Waals surface area contributed by atoms with Gasteiger partial charge in [-0.05, 0) is 44.2 Å². The van der Waals surface area contributed by atoms with Crippen LogP contribution >= 0.6 is 0 Å². The minimum absolute atomic E-state index is 0.0919. The third-order valence-electron chi connectivity index (χ3n) is 5.08. The third kappa shape index (κ3) is 2.99. The molecule has 128 valence electrons. The molecule has 5 nitrogen and oxygen atoms in total. The number of rotatable bonds is 5. The van der Waals surface area contributed by atoms with Crippen LogP contribution in [-0.2, 0) is 11.3 Å². The highest BCUT2D eigenvalue weighted by Gasteiger charge is 2.31. The van der Waals surface area contributed by atoms with Gasteiger partial charge in [0.1, 0.15) is 0 Å². The lowest BCUT2D eigenvalue weighted by atomic mass is 9.97. The first-order chi connectivity index (χ1) is 11.8. The number of anilines is 1. The summed E-state index contributed by atoms with van der Waals surface area (Å²) in [7, 11) is 0. The van der Waals surface area contributed by atoms with Crippen LogP contribution < -0.4 is 10.2 Å². The van der Waals surface area contributed by atoms with Crippen molar-refractivity contribution in [1.29, 1.82) is 0 Å². The molecule has 1 aromatic heterocycles. The van der Waals surface area contributed by atoms with E-state index in [9.17, 15) is 4.79 Å². The lowest BCUT2D eigenvalue weighted by Gasteiger charge is -2.33. The number of piperidine rings is 1. The fourth-order valence-electron chi connectivity index (χ4n) is 3.67. The van der Waals surface area contributed by atoms with Crippen molar-refractivity contribution in [3.8, 4) is 0 Å². The number of aryl methyl sites for hydroxylation is 1. The van der Waals surface area contributed by atoms with E-state index in [0.29, 0.717) is 6.04 Å². The standard InChI is InChI=1S/C19H26N4O/c1-2-11-23-17-8-4-3-7-16(17)21-19(23)22-12-5-6-14(13-22)18(24)20-15-9-10-15/h3-4,7-8,14-15H,2,5-6,9-13H2,1H3,(H,20,24)/t14-/m0/s1. The molecule has 2 aromatic rings.